The molecular weight excluding hydrogens is 310 g/mol. The van der Waals surface area contributed by atoms with Gasteiger partial charge >= 0.3 is 0 Å². The van der Waals surface area contributed by atoms with Crippen LogP contribution in [0.2, 0.25) is 0 Å². The Labute approximate surface area is 121 Å². The predicted octanol–water partition coefficient (Wildman–Crippen LogP) is 1.99. The monoisotopic (exact) mass is 329 g/mol. The first-order valence-corrected chi connectivity index (χ1v) is 7.42. The minimum atomic E-state index is 0.0779. The van der Waals surface area contributed by atoms with E-state index in [9.17, 15) is 4.79 Å². The average molecular weight is 330 g/mol. The highest BCUT2D eigenvalue weighted by Crippen LogP contribution is 2.29. The lowest BCUT2D eigenvalue weighted by Gasteiger charge is -2.25. The Bertz CT molecular complexity index is 439. The van der Waals surface area contributed by atoms with Crippen LogP contribution in [0, 0.1) is 5.92 Å². The quantitative estimate of drug-likeness (QED) is 0.838. The number of nitrogens with zero attached hydrogens (tertiary/aromatic N) is 2. The van der Waals surface area contributed by atoms with Crippen molar-refractivity contribution >= 4 is 21.7 Å². The van der Waals surface area contributed by atoms with Gasteiger partial charge in [-0.05, 0) is 41.6 Å². The fourth-order valence-corrected chi connectivity index (χ4v) is 3.02. The number of carbonyl (C=O) groups is 1. The Hall–Kier alpha value is -0.720. The maximum Gasteiger partial charge on any atom is 0.185 e. The van der Waals surface area contributed by atoms with Crippen LogP contribution in [0.5, 0.6) is 0 Å². The number of aromatic nitrogens is 2. The summed E-state index contributed by atoms with van der Waals surface area (Å²) in [5.41, 5.74) is 6.55. The van der Waals surface area contributed by atoms with Crippen molar-refractivity contribution < 1.29 is 9.53 Å². The summed E-state index contributed by atoms with van der Waals surface area (Å²) in [4.78, 5) is 12.6. The summed E-state index contributed by atoms with van der Waals surface area (Å²) in [6.07, 6.45) is 5.29. The van der Waals surface area contributed by atoms with Crippen molar-refractivity contribution in [2.45, 2.75) is 38.3 Å². The third-order valence-electron chi connectivity index (χ3n) is 3.68. The molecule has 0 amide bonds. The SMILES string of the molecule is COCCn1ncc(Br)c1C(=O)C1CCC(N)CC1. The maximum absolute atomic E-state index is 12.6. The molecule has 0 aromatic carbocycles. The summed E-state index contributed by atoms with van der Waals surface area (Å²) in [5.74, 6) is 0.251. The largest absolute Gasteiger partial charge is 0.383 e. The fraction of sp³-hybridized carbons (Fsp3) is 0.692. The minimum absolute atomic E-state index is 0.0779. The summed E-state index contributed by atoms with van der Waals surface area (Å²) >= 11 is 3.42. The average Bonchev–Trinajstić information content (AvgIpc) is 2.77. The number of ketones is 1. The molecule has 0 radical (unpaired) electrons. The molecule has 1 aliphatic carbocycles. The number of Topliss-reactive ketones (excluding diaryl/α,β-unsaturated/α-hetero) is 1. The maximum atomic E-state index is 12.6. The van der Waals surface area contributed by atoms with Gasteiger partial charge in [0.25, 0.3) is 0 Å². The number of nitrogens with two attached hydrogens (primary N) is 1. The van der Waals surface area contributed by atoms with Crippen molar-refractivity contribution in [3.8, 4) is 0 Å². The van der Waals surface area contributed by atoms with Gasteiger partial charge in [0.05, 0.1) is 23.8 Å². The molecule has 2 rings (SSSR count). The lowest BCUT2D eigenvalue weighted by atomic mass is 9.83. The van der Waals surface area contributed by atoms with Crippen LogP contribution in [0.15, 0.2) is 10.7 Å². The second kappa shape index (κ2) is 6.63. The highest BCUT2D eigenvalue weighted by Gasteiger charge is 2.29. The zero-order valence-electron chi connectivity index (χ0n) is 11.1. The Kier molecular flexibility index (Phi) is 5.13. The number of rotatable bonds is 5. The minimum Gasteiger partial charge on any atom is -0.383 e. The van der Waals surface area contributed by atoms with Crippen molar-refractivity contribution in [3.05, 3.63) is 16.4 Å². The molecule has 6 heteroatoms. The van der Waals surface area contributed by atoms with Crippen LogP contribution in [0.3, 0.4) is 0 Å². The number of ether oxygens (including phenoxy) is 1. The Morgan fingerprint density at radius 3 is 2.84 bits per heavy atom. The lowest BCUT2D eigenvalue weighted by molar-refractivity contribution is 0.0869. The standard InChI is InChI=1S/C13H20BrN3O2/c1-19-7-6-17-12(11(14)8-16-17)13(18)9-2-4-10(15)5-3-9/h8-10H,2-7,15H2,1H3. The molecule has 2 N–H and O–H groups in total. The van der Waals surface area contributed by atoms with Crippen molar-refractivity contribution in [1.29, 1.82) is 0 Å². The molecule has 0 bridgehead atoms. The Morgan fingerprint density at radius 2 is 2.21 bits per heavy atom. The van der Waals surface area contributed by atoms with Crippen LogP contribution in [-0.4, -0.2) is 35.3 Å². The summed E-state index contributed by atoms with van der Waals surface area (Å²) in [6, 6.07) is 0.255. The molecule has 106 valence electrons. The Balaban J connectivity index is 2.11. The van der Waals surface area contributed by atoms with Gasteiger partial charge in [0.1, 0.15) is 5.69 Å². The normalized spacial score (nSPS) is 23.5. The van der Waals surface area contributed by atoms with Crippen molar-refractivity contribution in [2.24, 2.45) is 11.7 Å². The number of halogens is 1. The van der Waals surface area contributed by atoms with Crippen LogP contribution >= 0.6 is 15.9 Å². The van der Waals surface area contributed by atoms with Crippen molar-refractivity contribution in [3.63, 3.8) is 0 Å². The van der Waals surface area contributed by atoms with Gasteiger partial charge in [0, 0.05) is 19.1 Å². The van der Waals surface area contributed by atoms with Crippen molar-refractivity contribution in [1.82, 2.24) is 9.78 Å². The molecule has 0 spiro atoms. The van der Waals surface area contributed by atoms with Gasteiger partial charge in [0.2, 0.25) is 0 Å². The third kappa shape index (κ3) is 3.43. The highest BCUT2D eigenvalue weighted by molar-refractivity contribution is 9.10. The molecule has 0 atom stereocenters. The van der Waals surface area contributed by atoms with Gasteiger partial charge in [0.15, 0.2) is 5.78 Å². The highest BCUT2D eigenvalue weighted by atomic mass is 79.9. The van der Waals surface area contributed by atoms with Crippen LogP contribution in [0.1, 0.15) is 36.2 Å². The second-order valence-corrected chi connectivity index (χ2v) is 5.89. The summed E-state index contributed by atoms with van der Waals surface area (Å²) < 4.78 is 7.54. The molecular formula is C13H20BrN3O2. The first-order chi connectivity index (χ1) is 9.13. The number of carbonyl (C=O) groups excluding carboxylic acids is 1. The van der Waals surface area contributed by atoms with Crippen LogP contribution in [-0.2, 0) is 11.3 Å². The number of hydrogen-bond donors (Lipinski definition) is 1. The van der Waals surface area contributed by atoms with E-state index in [-0.39, 0.29) is 17.7 Å². The van der Waals surface area contributed by atoms with E-state index in [2.05, 4.69) is 21.0 Å². The summed E-state index contributed by atoms with van der Waals surface area (Å²) in [5, 5.41) is 4.23. The zero-order valence-corrected chi connectivity index (χ0v) is 12.7. The van der Waals surface area contributed by atoms with Gasteiger partial charge in [-0.25, -0.2) is 0 Å². The van der Waals surface area contributed by atoms with E-state index < -0.39 is 0 Å². The molecule has 5 nitrogen and oxygen atoms in total. The molecule has 1 aliphatic rings. The lowest BCUT2D eigenvalue weighted by Crippen LogP contribution is -2.31. The third-order valence-corrected chi connectivity index (χ3v) is 4.26. The molecule has 0 aliphatic heterocycles. The van der Waals surface area contributed by atoms with Gasteiger partial charge in [-0.3, -0.25) is 9.48 Å². The molecule has 0 unspecified atom stereocenters. The van der Waals surface area contributed by atoms with E-state index in [1.807, 2.05) is 0 Å². The smallest absolute Gasteiger partial charge is 0.185 e. The molecule has 1 heterocycles. The van der Waals surface area contributed by atoms with E-state index in [0.29, 0.717) is 18.8 Å². The van der Waals surface area contributed by atoms with E-state index in [1.54, 1.807) is 18.0 Å². The predicted molar refractivity (Wildman–Crippen MR) is 76.1 cm³/mol. The molecule has 1 aromatic rings. The first kappa shape index (κ1) is 14.7. The van der Waals surface area contributed by atoms with Gasteiger partial charge < -0.3 is 10.5 Å². The zero-order chi connectivity index (χ0) is 13.8. The molecule has 1 saturated carbocycles. The molecule has 19 heavy (non-hydrogen) atoms. The number of hydrogen-bond acceptors (Lipinski definition) is 4. The van der Waals surface area contributed by atoms with Crippen molar-refractivity contribution in [2.75, 3.05) is 13.7 Å². The van der Waals surface area contributed by atoms with Gasteiger partial charge in [-0.2, -0.15) is 5.10 Å². The molecule has 0 saturated heterocycles. The molecule has 1 aromatic heterocycles. The van der Waals surface area contributed by atoms with Crippen LogP contribution in [0.25, 0.3) is 0 Å². The van der Waals surface area contributed by atoms with E-state index in [1.165, 1.54) is 0 Å². The van der Waals surface area contributed by atoms with Crippen LogP contribution < -0.4 is 5.73 Å². The van der Waals surface area contributed by atoms with Gasteiger partial charge in [-0.15, -0.1) is 0 Å². The molecule has 1 fully saturated rings. The first-order valence-electron chi connectivity index (χ1n) is 6.63. The Morgan fingerprint density at radius 1 is 1.53 bits per heavy atom. The fourth-order valence-electron chi connectivity index (χ4n) is 2.53. The second-order valence-electron chi connectivity index (χ2n) is 5.03. The van der Waals surface area contributed by atoms with E-state index in [4.69, 9.17) is 10.5 Å². The summed E-state index contributed by atoms with van der Waals surface area (Å²) in [6.45, 7) is 1.14. The van der Waals surface area contributed by atoms with Gasteiger partial charge in [-0.1, -0.05) is 0 Å². The number of methoxy groups -OCH3 is 1. The van der Waals surface area contributed by atoms with E-state index >= 15 is 0 Å². The van der Waals surface area contributed by atoms with Crippen LogP contribution in [0.4, 0.5) is 0 Å². The topological polar surface area (TPSA) is 70.1 Å². The summed E-state index contributed by atoms with van der Waals surface area (Å²) in [7, 11) is 1.64. The van der Waals surface area contributed by atoms with E-state index in [0.717, 1.165) is 30.2 Å².